The average molecular weight is 478 g/mol. The Morgan fingerprint density at radius 2 is 1.94 bits per heavy atom. The summed E-state index contributed by atoms with van der Waals surface area (Å²) in [5.74, 6) is 2.66. The number of rotatable bonds is 4. The van der Waals surface area contributed by atoms with Crippen molar-refractivity contribution in [3.8, 4) is 22.9 Å². The Labute approximate surface area is 202 Å². The van der Waals surface area contributed by atoms with Gasteiger partial charge in [-0.05, 0) is 59.8 Å². The van der Waals surface area contributed by atoms with Gasteiger partial charge in [-0.3, -0.25) is 9.69 Å². The highest BCUT2D eigenvalue weighted by molar-refractivity contribution is 5.94. The van der Waals surface area contributed by atoms with Crippen LogP contribution in [-0.4, -0.2) is 89.6 Å². The predicted molar refractivity (Wildman–Crippen MR) is 125 cm³/mol. The second-order valence-corrected chi connectivity index (χ2v) is 8.89. The van der Waals surface area contributed by atoms with Crippen molar-refractivity contribution in [3.63, 3.8) is 0 Å². The molecule has 35 heavy (non-hydrogen) atoms. The van der Waals surface area contributed by atoms with Crippen LogP contribution < -0.4 is 19.5 Å². The van der Waals surface area contributed by atoms with Crippen LogP contribution in [0.15, 0.2) is 30.3 Å². The van der Waals surface area contributed by atoms with Gasteiger partial charge in [0.25, 0.3) is 5.91 Å². The van der Waals surface area contributed by atoms with E-state index in [4.69, 9.17) is 14.2 Å². The number of nitrogens with zero attached hydrogens (tertiary/aromatic N) is 6. The minimum atomic E-state index is -0.250. The first-order valence-electron chi connectivity index (χ1n) is 11.7. The first-order chi connectivity index (χ1) is 17.2. The van der Waals surface area contributed by atoms with Crippen molar-refractivity contribution in [2.75, 3.05) is 53.7 Å². The molecule has 0 aliphatic carbocycles. The third-order valence-electron chi connectivity index (χ3n) is 6.90. The lowest BCUT2D eigenvalue weighted by Gasteiger charge is -2.34. The highest BCUT2D eigenvalue weighted by atomic mass is 16.7. The molecule has 3 aliphatic heterocycles. The lowest BCUT2D eigenvalue weighted by Crippen LogP contribution is -2.46. The number of likely N-dealkylation sites (N-methyl/N-ethyl adjacent to an activating group) is 1. The topological polar surface area (TPSA) is 107 Å². The number of nitrogens with one attached hydrogen (secondary N) is 1. The Morgan fingerprint density at radius 3 is 2.71 bits per heavy atom. The van der Waals surface area contributed by atoms with Crippen LogP contribution in [0.4, 0.5) is 0 Å². The SMILES string of the molecule is COc1c2c(cc3c1[C@@H](c1nnnn1-c1ccc(C(=O)N4CCNCC4)cc1)N(C)CC3)OCO2. The summed E-state index contributed by atoms with van der Waals surface area (Å²) in [5.41, 5.74) is 3.54. The Bertz CT molecular complexity index is 1250. The number of fused-ring (bicyclic) bond motifs is 2. The third kappa shape index (κ3) is 3.67. The second-order valence-electron chi connectivity index (χ2n) is 8.89. The molecule has 1 amide bonds. The summed E-state index contributed by atoms with van der Waals surface area (Å²) in [7, 11) is 3.69. The van der Waals surface area contributed by atoms with Gasteiger partial charge in [-0.25, -0.2) is 0 Å². The fourth-order valence-corrected chi connectivity index (χ4v) is 5.10. The minimum absolute atomic E-state index is 0.0386. The maximum Gasteiger partial charge on any atom is 0.253 e. The molecule has 1 N–H and O–H groups in total. The number of amides is 1. The lowest BCUT2D eigenvalue weighted by atomic mass is 9.90. The summed E-state index contributed by atoms with van der Waals surface area (Å²) < 4.78 is 18.9. The van der Waals surface area contributed by atoms with E-state index in [2.05, 4.69) is 25.7 Å². The zero-order chi connectivity index (χ0) is 23.9. The number of piperazine rings is 1. The molecule has 182 valence electrons. The number of hydrogen-bond donors (Lipinski definition) is 1. The number of carbonyl (C=O) groups excluding carboxylic acids is 1. The van der Waals surface area contributed by atoms with Crippen LogP contribution >= 0.6 is 0 Å². The molecule has 0 bridgehead atoms. The van der Waals surface area contributed by atoms with Crippen molar-refractivity contribution in [2.24, 2.45) is 0 Å². The standard InChI is InChI=1S/C24H27N7O4/c1-29-10-7-16-13-18-21(35-14-34-18)22(33-2)19(16)20(29)23-26-27-28-31(23)17-5-3-15(4-6-17)24(32)30-11-8-25-9-12-30/h3-6,13,20,25H,7-12,14H2,1-2H3/t20-/m0/s1. The fourth-order valence-electron chi connectivity index (χ4n) is 5.10. The van der Waals surface area contributed by atoms with Crippen molar-refractivity contribution in [1.82, 2.24) is 35.3 Å². The summed E-state index contributed by atoms with van der Waals surface area (Å²) in [6.07, 6.45) is 0.847. The number of methoxy groups -OCH3 is 1. The monoisotopic (exact) mass is 477 g/mol. The Hall–Kier alpha value is -3.70. The third-order valence-corrected chi connectivity index (χ3v) is 6.90. The highest BCUT2D eigenvalue weighted by Gasteiger charge is 2.37. The molecule has 1 aromatic heterocycles. The molecule has 6 rings (SSSR count). The number of aromatic nitrogens is 4. The number of ether oxygens (including phenoxy) is 3. The van der Waals surface area contributed by atoms with Gasteiger partial charge in [0.2, 0.25) is 12.5 Å². The van der Waals surface area contributed by atoms with Crippen LogP contribution in [0.3, 0.4) is 0 Å². The van der Waals surface area contributed by atoms with Crippen molar-refractivity contribution in [2.45, 2.75) is 12.5 Å². The Kier molecular flexibility index (Phi) is 5.50. The highest BCUT2D eigenvalue weighted by Crippen LogP contribution is 2.50. The molecule has 0 spiro atoms. The maximum absolute atomic E-state index is 12.9. The fraction of sp³-hybridized carbons (Fsp3) is 0.417. The van der Waals surface area contributed by atoms with Crippen molar-refractivity contribution in [3.05, 3.63) is 52.8 Å². The number of carbonyl (C=O) groups is 1. The molecule has 2 aromatic carbocycles. The van der Waals surface area contributed by atoms with Crippen molar-refractivity contribution >= 4 is 5.91 Å². The van der Waals surface area contributed by atoms with Crippen LogP contribution in [0.5, 0.6) is 17.2 Å². The van der Waals surface area contributed by atoms with Gasteiger partial charge in [0.05, 0.1) is 12.8 Å². The number of tetrazole rings is 1. The summed E-state index contributed by atoms with van der Waals surface area (Å²) in [6.45, 7) is 4.06. The van der Waals surface area contributed by atoms with Gasteiger partial charge < -0.3 is 24.4 Å². The number of benzene rings is 2. The van der Waals surface area contributed by atoms with Crippen LogP contribution in [0.1, 0.15) is 33.4 Å². The lowest BCUT2D eigenvalue weighted by molar-refractivity contribution is 0.0736. The van der Waals surface area contributed by atoms with E-state index in [0.717, 1.165) is 42.9 Å². The van der Waals surface area contributed by atoms with Crippen LogP contribution in [-0.2, 0) is 6.42 Å². The molecule has 0 unspecified atom stereocenters. The Balaban J connectivity index is 1.36. The molecule has 1 atom stereocenters. The Morgan fingerprint density at radius 1 is 1.14 bits per heavy atom. The number of hydrogen-bond acceptors (Lipinski definition) is 9. The van der Waals surface area contributed by atoms with E-state index in [1.54, 1.807) is 11.8 Å². The van der Waals surface area contributed by atoms with E-state index in [1.807, 2.05) is 42.3 Å². The normalized spacial score (nSPS) is 19.5. The van der Waals surface area contributed by atoms with Crippen molar-refractivity contribution < 1.29 is 19.0 Å². The zero-order valence-electron chi connectivity index (χ0n) is 19.7. The smallest absolute Gasteiger partial charge is 0.253 e. The maximum atomic E-state index is 12.9. The van der Waals surface area contributed by atoms with E-state index in [0.29, 0.717) is 41.7 Å². The van der Waals surface area contributed by atoms with Gasteiger partial charge in [-0.2, -0.15) is 4.68 Å². The summed E-state index contributed by atoms with van der Waals surface area (Å²) in [5, 5.41) is 16.0. The van der Waals surface area contributed by atoms with Crippen LogP contribution in [0.25, 0.3) is 5.69 Å². The van der Waals surface area contributed by atoms with Gasteiger partial charge in [-0.1, -0.05) is 0 Å². The van der Waals surface area contributed by atoms with E-state index in [-0.39, 0.29) is 18.7 Å². The molecule has 0 radical (unpaired) electrons. The molecular weight excluding hydrogens is 450 g/mol. The molecule has 3 aromatic rings. The van der Waals surface area contributed by atoms with Crippen LogP contribution in [0.2, 0.25) is 0 Å². The van der Waals surface area contributed by atoms with E-state index >= 15 is 0 Å². The van der Waals surface area contributed by atoms with Crippen molar-refractivity contribution in [1.29, 1.82) is 0 Å². The molecule has 0 saturated carbocycles. The summed E-state index contributed by atoms with van der Waals surface area (Å²) in [4.78, 5) is 16.9. The molecular formula is C24H27N7O4. The summed E-state index contributed by atoms with van der Waals surface area (Å²) >= 11 is 0. The molecule has 1 saturated heterocycles. The van der Waals surface area contributed by atoms with Gasteiger partial charge in [0.1, 0.15) is 6.04 Å². The van der Waals surface area contributed by atoms with E-state index in [9.17, 15) is 4.79 Å². The molecule has 3 aliphatic rings. The summed E-state index contributed by atoms with van der Waals surface area (Å²) in [6, 6.07) is 9.22. The van der Waals surface area contributed by atoms with Crippen LogP contribution in [0, 0.1) is 0 Å². The largest absolute Gasteiger partial charge is 0.492 e. The average Bonchev–Trinajstić information content (AvgIpc) is 3.57. The van der Waals surface area contributed by atoms with E-state index in [1.165, 1.54) is 0 Å². The molecule has 11 heteroatoms. The first-order valence-corrected chi connectivity index (χ1v) is 11.7. The zero-order valence-corrected chi connectivity index (χ0v) is 19.7. The molecule has 1 fully saturated rings. The quantitative estimate of drug-likeness (QED) is 0.589. The molecule has 4 heterocycles. The van der Waals surface area contributed by atoms with Gasteiger partial charge >= 0.3 is 0 Å². The van der Waals surface area contributed by atoms with Gasteiger partial charge in [0, 0.05) is 43.9 Å². The minimum Gasteiger partial charge on any atom is -0.492 e. The predicted octanol–water partition coefficient (Wildman–Crippen LogP) is 1.02. The molecule has 11 nitrogen and oxygen atoms in total. The van der Waals surface area contributed by atoms with E-state index < -0.39 is 0 Å². The first kappa shape index (κ1) is 21.8. The van der Waals surface area contributed by atoms with Gasteiger partial charge in [0.15, 0.2) is 17.3 Å². The van der Waals surface area contributed by atoms with Gasteiger partial charge in [-0.15, -0.1) is 5.10 Å². The second kappa shape index (κ2) is 8.82.